The van der Waals surface area contributed by atoms with E-state index in [-0.39, 0.29) is 11.0 Å². The summed E-state index contributed by atoms with van der Waals surface area (Å²) in [5.41, 5.74) is 3.79. The SMILES string of the molecule is C=C(C)CSc1nnc(S[C@@H](C)C(=O)c2c(C)[nH]c3ccccc23)s1. The highest BCUT2D eigenvalue weighted by molar-refractivity contribution is 8.04. The van der Waals surface area contributed by atoms with Crippen molar-refractivity contribution in [2.45, 2.75) is 34.7 Å². The molecule has 25 heavy (non-hydrogen) atoms. The number of H-pyrrole nitrogens is 1. The summed E-state index contributed by atoms with van der Waals surface area (Å²) in [6.07, 6.45) is 0. The number of nitrogens with zero attached hydrogens (tertiary/aromatic N) is 2. The second-order valence-electron chi connectivity index (χ2n) is 5.87. The lowest BCUT2D eigenvalue weighted by Gasteiger charge is -2.08. The molecule has 4 nitrogen and oxygen atoms in total. The lowest BCUT2D eigenvalue weighted by atomic mass is 10.1. The minimum Gasteiger partial charge on any atom is -0.358 e. The number of hydrogen-bond acceptors (Lipinski definition) is 6. The first-order valence-corrected chi connectivity index (χ1v) is 10.5. The Morgan fingerprint density at radius 2 is 2.04 bits per heavy atom. The summed E-state index contributed by atoms with van der Waals surface area (Å²) in [5, 5.41) is 9.15. The number of aromatic nitrogens is 3. The van der Waals surface area contributed by atoms with Gasteiger partial charge >= 0.3 is 0 Å². The van der Waals surface area contributed by atoms with Gasteiger partial charge in [-0.2, -0.15) is 0 Å². The molecule has 0 aliphatic rings. The Bertz CT molecular complexity index is 929. The third-order valence-electron chi connectivity index (χ3n) is 3.62. The van der Waals surface area contributed by atoms with E-state index in [1.807, 2.05) is 45.0 Å². The minimum absolute atomic E-state index is 0.117. The molecule has 0 saturated heterocycles. The van der Waals surface area contributed by atoms with E-state index in [1.54, 1.807) is 11.8 Å². The average Bonchev–Trinajstić information content (AvgIpc) is 3.15. The third kappa shape index (κ3) is 4.16. The molecule has 0 amide bonds. The largest absolute Gasteiger partial charge is 0.358 e. The Balaban J connectivity index is 1.74. The Morgan fingerprint density at radius 3 is 2.80 bits per heavy atom. The quantitative estimate of drug-likeness (QED) is 0.335. The number of carbonyl (C=O) groups is 1. The highest BCUT2D eigenvalue weighted by Gasteiger charge is 2.23. The van der Waals surface area contributed by atoms with Gasteiger partial charge in [-0.3, -0.25) is 4.79 Å². The summed E-state index contributed by atoms with van der Waals surface area (Å²) in [4.78, 5) is 16.3. The van der Waals surface area contributed by atoms with Crippen molar-refractivity contribution in [1.29, 1.82) is 0 Å². The first-order chi connectivity index (χ1) is 12.0. The van der Waals surface area contributed by atoms with Crippen molar-refractivity contribution in [3.63, 3.8) is 0 Å². The maximum atomic E-state index is 13.0. The monoisotopic (exact) mass is 389 g/mol. The number of thioether (sulfide) groups is 2. The fourth-order valence-corrected chi connectivity index (χ4v) is 5.56. The molecule has 3 rings (SSSR count). The van der Waals surface area contributed by atoms with Crippen molar-refractivity contribution >= 4 is 51.5 Å². The topological polar surface area (TPSA) is 58.6 Å². The van der Waals surface area contributed by atoms with Crippen LogP contribution in [0.15, 0.2) is 45.1 Å². The molecule has 2 heterocycles. The van der Waals surface area contributed by atoms with Crippen LogP contribution in [0.1, 0.15) is 29.9 Å². The van der Waals surface area contributed by atoms with Crippen LogP contribution >= 0.6 is 34.9 Å². The van der Waals surface area contributed by atoms with Crippen LogP contribution in [-0.2, 0) is 0 Å². The highest BCUT2D eigenvalue weighted by atomic mass is 32.2. The van der Waals surface area contributed by atoms with E-state index in [9.17, 15) is 4.79 Å². The van der Waals surface area contributed by atoms with Gasteiger partial charge in [0.2, 0.25) is 0 Å². The van der Waals surface area contributed by atoms with Gasteiger partial charge in [-0.05, 0) is 26.8 Å². The fourth-order valence-electron chi connectivity index (χ4n) is 2.49. The van der Waals surface area contributed by atoms with E-state index in [0.717, 1.165) is 42.2 Å². The van der Waals surface area contributed by atoms with Gasteiger partial charge in [0, 0.05) is 27.9 Å². The summed E-state index contributed by atoms with van der Waals surface area (Å²) in [5.74, 6) is 0.953. The van der Waals surface area contributed by atoms with Gasteiger partial charge in [0.15, 0.2) is 14.5 Å². The minimum atomic E-state index is -0.218. The number of rotatable bonds is 7. The van der Waals surface area contributed by atoms with E-state index in [1.165, 1.54) is 23.1 Å². The molecule has 7 heteroatoms. The molecule has 0 bridgehead atoms. The molecular formula is C18H19N3OS3. The molecule has 1 aromatic carbocycles. The van der Waals surface area contributed by atoms with Crippen molar-refractivity contribution in [3.8, 4) is 0 Å². The van der Waals surface area contributed by atoms with Crippen molar-refractivity contribution < 1.29 is 4.79 Å². The van der Waals surface area contributed by atoms with Crippen LogP contribution in [0, 0.1) is 6.92 Å². The maximum absolute atomic E-state index is 13.0. The number of aromatic amines is 1. The smallest absolute Gasteiger partial charge is 0.178 e. The summed E-state index contributed by atoms with van der Waals surface area (Å²) < 4.78 is 1.73. The van der Waals surface area contributed by atoms with Gasteiger partial charge in [-0.25, -0.2) is 0 Å². The number of aryl methyl sites for hydroxylation is 1. The van der Waals surface area contributed by atoms with Crippen molar-refractivity contribution in [1.82, 2.24) is 15.2 Å². The van der Waals surface area contributed by atoms with E-state index in [4.69, 9.17) is 0 Å². The predicted molar refractivity (Wildman–Crippen MR) is 108 cm³/mol. The third-order valence-corrected chi connectivity index (χ3v) is 7.09. The van der Waals surface area contributed by atoms with Crippen LogP contribution in [-0.4, -0.2) is 32.0 Å². The number of para-hydroxylation sites is 1. The molecule has 1 N–H and O–H groups in total. The lowest BCUT2D eigenvalue weighted by Crippen LogP contribution is -2.14. The molecule has 0 radical (unpaired) electrons. The number of nitrogens with one attached hydrogen (secondary N) is 1. The fraction of sp³-hybridized carbons (Fsp3) is 0.278. The second-order valence-corrected chi connectivity index (χ2v) is 9.66. The standard InChI is InChI=1S/C18H19N3OS3/c1-10(2)9-23-17-20-21-18(25-17)24-12(4)16(22)15-11(3)19-14-8-6-5-7-13(14)15/h5-8,12,19H,1,9H2,2-4H3/t12-/m0/s1. The summed E-state index contributed by atoms with van der Waals surface area (Å²) in [6.45, 7) is 9.76. The Labute approximate surface area is 159 Å². The van der Waals surface area contributed by atoms with Gasteiger partial charge in [-0.15, -0.1) is 10.2 Å². The molecule has 3 aromatic rings. The zero-order valence-corrected chi connectivity index (χ0v) is 16.8. The number of benzene rings is 1. The van der Waals surface area contributed by atoms with Gasteiger partial charge in [0.05, 0.1) is 5.25 Å². The number of Topliss-reactive ketones (excluding diaryl/α,β-unsaturated/α-hetero) is 1. The van der Waals surface area contributed by atoms with Crippen molar-refractivity contribution in [2.24, 2.45) is 0 Å². The van der Waals surface area contributed by atoms with E-state index in [2.05, 4.69) is 21.8 Å². The molecule has 0 spiro atoms. The second kappa shape index (κ2) is 7.76. The number of hydrogen-bond donors (Lipinski definition) is 1. The lowest BCUT2D eigenvalue weighted by molar-refractivity contribution is 0.0995. The molecule has 0 saturated carbocycles. The number of fused-ring (bicyclic) bond motifs is 1. The van der Waals surface area contributed by atoms with E-state index in [0.29, 0.717) is 0 Å². The normalized spacial score (nSPS) is 12.4. The molecule has 2 aromatic heterocycles. The van der Waals surface area contributed by atoms with Gasteiger partial charge in [-0.1, -0.05) is 65.2 Å². The van der Waals surface area contributed by atoms with Gasteiger partial charge in [0.25, 0.3) is 0 Å². The van der Waals surface area contributed by atoms with E-state index < -0.39 is 0 Å². The Kier molecular flexibility index (Phi) is 5.66. The van der Waals surface area contributed by atoms with Crippen LogP contribution < -0.4 is 0 Å². The van der Waals surface area contributed by atoms with Gasteiger partial charge in [0.1, 0.15) is 0 Å². The van der Waals surface area contributed by atoms with Crippen molar-refractivity contribution in [3.05, 3.63) is 47.7 Å². The predicted octanol–water partition coefficient (Wildman–Crippen LogP) is 5.36. The van der Waals surface area contributed by atoms with Crippen LogP contribution in [0.5, 0.6) is 0 Å². The molecule has 130 valence electrons. The first-order valence-electron chi connectivity index (χ1n) is 7.84. The van der Waals surface area contributed by atoms with Crippen LogP contribution in [0.4, 0.5) is 0 Å². The Morgan fingerprint density at radius 1 is 1.32 bits per heavy atom. The van der Waals surface area contributed by atoms with Crippen LogP contribution in [0.25, 0.3) is 10.9 Å². The molecule has 0 fully saturated rings. The van der Waals surface area contributed by atoms with Gasteiger partial charge < -0.3 is 4.98 Å². The first kappa shape index (κ1) is 18.2. The zero-order chi connectivity index (χ0) is 18.0. The Hall–Kier alpha value is -1.57. The maximum Gasteiger partial charge on any atom is 0.178 e. The number of ketones is 1. The molecule has 0 aliphatic carbocycles. The molecule has 1 atom stereocenters. The summed E-state index contributed by atoms with van der Waals surface area (Å²) >= 11 is 4.63. The number of carbonyl (C=O) groups excluding carboxylic acids is 1. The van der Waals surface area contributed by atoms with Crippen molar-refractivity contribution in [2.75, 3.05) is 5.75 Å². The van der Waals surface area contributed by atoms with Crippen LogP contribution in [0.2, 0.25) is 0 Å². The van der Waals surface area contributed by atoms with E-state index >= 15 is 0 Å². The average molecular weight is 390 g/mol. The summed E-state index contributed by atoms with van der Waals surface area (Å²) in [6, 6.07) is 7.91. The molecule has 0 aliphatic heterocycles. The van der Waals surface area contributed by atoms with Crippen LogP contribution in [0.3, 0.4) is 0 Å². The molecule has 0 unspecified atom stereocenters. The highest BCUT2D eigenvalue weighted by Crippen LogP contribution is 2.34. The zero-order valence-electron chi connectivity index (χ0n) is 14.3. The summed E-state index contributed by atoms with van der Waals surface area (Å²) in [7, 11) is 0. The molecular weight excluding hydrogens is 370 g/mol.